The molecule has 82 valence electrons. The fourth-order valence-electron chi connectivity index (χ4n) is 1.26. The predicted molar refractivity (Wildman–Crippen MR) is 59.1 cm³/mol. The Morgan fingerprint density at radius 2 is 2.07 bits per heavy atom. The van der Waals surface area contributed by atoms with Gasteiger partial charge in [0.25, 0.3) is 0 Å². The van der Waals surface area contributed by atoms with E-state index in [4.69, 9.17) is 5.11 Å². The summed E-state index contributed by atoms with van der Waals surface area (Å²) in [6, 6.07) is 0. The van der Waals surface area contributed by atoms with Gasteiger partial charge >= 0.3 is 0 Å². The molecule has 0 aliphatic carbocycles. The third kappa shape index (κ3) is 5.92. The number of carbonyl (C=O) groups excluding carboxylic acids is 1. The lowest BCUT2D eigenvalue weighted by atomic mass is 9.94. The molecule has 0 heterocycles. The molecule has 0 rings (SSSR count). The van der Waals surface area contributed by atoms with Crippen LogP contribution in [0, 0.1) is 11.8 Å². The Hall–Kier alpha value is -0.630. The summed E-state index contributed by atoms with van der Waals surface area (Å²) in [5.41, 5.74) is 0. The molecule has 0 amide bonds. The molecular formula is C12H22O2. The van der Waals surface area contributed by atoms with E-state index < -0.39 is 0 Å². The number of aliphatic hydroxyl groups is 1. The number of rotatable bonds is 8. The van der Waals surface area contributed by atoms with Crippen molar-refractivity contribution in [2.24, 2.45) is 11.8 Å². The highest BCUT2D eigenvalue weighted by Gasteiger charge is 2.12. The lowest BCUT2D eigenvalue weighted by Gasteiger charge is -2.11. The van der Waals surface area contributed by atoms with E-state index in [1.54, 1.807) is 0 Å². The molecule has 0 bridgehead atoms. The summed E-state index contributed by atoms with van der Waals surface area (Å²) < 4.78 is 0. The monoisotopic (exact) mass is 198 g/mol. The van der Waals surface area contributed by atoms with Crippen molar-refractivity contribution in [3.63, 3.8) is 0 Å². The van der Waals surface area contributed by atoms with Crippen LogP contribution in [-0.2, 0) is 4.79 Å². The maximum atomic E-state index is 11.6. The largest absolute Gasteiger partial charge is 0.396 e. The van der Waals surface area contributed by atoms with Crippen LogP contribution in [0.1, 0.15) is 39.5 Å². The molecular weight excluding hydrogens is 176 g/mol. The summed E-state index contributed by atoms with van der Waals surface area (Å²) in [7, 11) is 0. The Morgan fingerprint density at radius 1 is 1.43 bits per heavy atom. The topological polar surface area (TPSA) is 37.3 Å². The van der Waals surface area contributed by atoms with Gasteiger partial charge in [-0.1, -0.05) is 19.9 Å². The fourth-order valence-corrected chi connectivity index (χ4v) is 1.26. The Morgan fingerprint density at radius 3 is 2.57 bits per heavy atom. The molecule has 0 aromatic rings. The highest BCUT2D eigenvalue weighted by Crippen LogP contribution is 2.13. The van der Waals surface area contributed by atoms with Gasteiger partial charge in [0.1, 0.15) is 5.78 Å². The van der Waals surface area contributed by atoms with Gasteiger partial charge in [-0.2, -0.15) is 0 Å². The normalized spacial score (nSPS) is 14.8. The zero-order chi connectivity index (χ0) is 11.0. The van der Waals surface area contributed by atoms with E-state index in [0.717, 1.165) is 19.3 Å². The summed E-state index contributed by atoms with van der Waals surface area (Å²) in [5.74, 6) is 0.691. The van der Waals surface area contributed by atoms with Crippen molar-refractivity contribution in [1.82, 2.24) is 0 Å². The molecule has 2 heteroatoms. The summed E-state index contributed by atoms with van der Waals surface area (Å²) >= 11 is 0. The van der Waals surface area contributed by atoms with E-state index in [0.29, 0.717) is 12.2 Å². The number of hydrogen-bond donors (Lipinski definition) is 1. The number of Topliss-reactive ketones (excluding diaryl/α,β-unsaturated/α-hetero) is 1. The van der Waals surface area contributed by atoms with Crippen LogP contribution >= 0.6 is 0 Å². The molecule has 1 N–H and O–H groups in total. The van der Waals surface area contributed by atoms with Gasteiger partial charge in [0, 0.05) is 18.9 Å². The quantitative estimate of drug-likeness (QED) is 0.609. The maximum Gasteiger partial charge on any atom is 0.135 e. The summed E-state index contributed by atoms with van der Waals surface area (Å²) in [4.78, 5) is 11.6. The van der Waals surface area contributed by atoms with Gasteiger partial charge in [-0.25, -0.2) is 0 Å². The van der Waals surface area contributed by atoms with Crippen molar-refractivity contribution in [1.29, 1.82) is 0 Å². The van der Waals surface area contributed by atoms with Crippen molar-refractivity contribution < 1.29 is 9.90 Å². The van der Waals surface area contributed by atoms with Gasteiger partial charge in [0.2, 0.25) is 0 Å². The molecule has 0 aliphatic rings. The summed E-state index contributed by atoms with van der Waals surface area (Å²) in [5, 5.41) is 8.80. The van der Waals surface area contributed by atoms with Crippen LogP contribution in [0.15, 0.2) is 12.7 Å². The lowest BCUT2D eigenvalue weighted by molar-refractivity contribution is -0.122. The Labute approximate surface area is 87.0 Å². The van der Waals surface area contributed by atoms with E-state index in [-0.39, 0.29) is 18.4 Å². The van der Waals surface area contributed by atoms with Crippen molar-refractivity contribution in [2.45, 2.75) is 39.5 Å². The van der Waals surface area contributed by atoms with Crippen LogP contribution in [0.5, 0.6) is 0 Å². The Kier molecular flexibility index (Phi) is 7.40. The molecule has 2 atom stereocenters. The zero-order valence-electron chi connectivity index (χ0n) is 9.33. The molecule has 0 aromatic heterocycles. The first kappa shape index (κ1) is 13.4. The minimum absolute atomic E-state index is 0.138. The smallest absolute Gasteiger partial charge is 0.135 e. The number of aliphatic hydroxyl groups excluding tert-OH is 1. The van der Waals surface area contributed by atoms with Crippen LogP contribution in [0.3, 0.4) is 0 Å². The van der Waals surface area contributed by atoms with Crippen molar-refractivity contribution >= 4 is 5.78 Å². The number of allylic oxidation sites excluding steroid dienone is 1. The van der Waals surface area contributed by atoms with E-state index in [9.17, 15) is 4.79 Å². The van der Waals surface area contributed by atoms with E-state index >= 15 is 0 Å². The highest BCUT2D eigenvalue weighted by molar-refractivity contribution is 5.80. The van der Waals surface area contributed by atoms with Gasteiger partial charge < -0.3 is 5.11 Å². The molecule has 0 saturated heterocycles. The second-order valence-corrected chi connectivity index (χ2v) is 4.06. The number of hydrogen-bond acceptors (Lipinski definition) is 2. The minimum atomic E-state index is 0.138. The molecule has 0 saturated carbocycles. The van der Waals surface area contributed by atoms with Crippen LogP contribution in [0.4, 0.5) is 0 Å². The fraction of sp³-hybridized carbons (Fsp3) is 0.750. The Balaban J connectivity index is 3.66. The van der Waals surface area contributed by atoms with Crippen molar-refractivity contribution in [3.8, 4) is 0 Å². The van der Waals surface area contributed by atoms with Crippen LogP contribution in [0.2, 0.25) is 0 Å². The minimum Gasteiger partial charge on any atom is -0.396 e. The average molecular weight is 198 g/mol. The van der Waals surface area contributed by atoms with Gasteiger partial charge in [-0.15, -0.1) is 6.58 Å². The third-order valence-corrected chi connectivity index (χ3v) is 2.55. The second-order valence-electron chi connectivity index (χ2n) is 4.06. The Bertz CT molecular complexity index is 175. The van der Waals surface area contributed by atoms with E-state index in [1.165, 1.54) is 0 Å². The van der Waals surface area contributed by atoms with Gasteiger partial charge in [-0.05, 0) is 25.2 Å². The average Bonchev–Trinajstić information content (AvgIpc) is 2.21. The molecule has 0 unspecified atom stereocenters. The maximum absolute atomic E-state index is 11.6. The second kappa shape index (κ2) is 7.74. The number of carbonyl (C=O) groups is 1. The summed E-state index contributed by atoms with van der Waals surface area (Å²) in [6.07, 6.45) is 5.05. The van der Waals surface area contributed by atoms with E-state index in [1.807, 2.05) is 19.9 Å². The van der Waals surface area contributed by atoms with Crippen molar-refractivity contribution in [3.05, 3.63) is 12.7 Å². The first-order chi connectivity index (χ1) is 6.61. The molecule has 2 nitrogen and oxygen atoms in total. The van der Waals surface area contributed by atoms with Crippen LogP contribution in [-0.4, -0.2) is 17.5 Å². The van der Waals surface area contributed by atoms with Crippen LogP contribution in [0.25, 0.3) is 0 Å². The molecule has 14 heavy (non-hydrogen) atoms. The third-order valence-electron chi connectivity index (χ3n) is 2.55. The predicted octanol–water partition coefficient (Wildman–Crippen LogP) is 2.57. The van der Waals surface area contributed by atoms with Gasteiger partial charge in [0.05, 0.1) is 0 Å². The van der Waals surface area contributed by atoms with Gasteiger partial charge in [-0.3, -0.25) is 4.79 Å². The van der Waals surface area contributed by atoms with Crippen LogP contribution < -0.4 is 0 Å². The standard InChI is InChI=1S/C12H22O2/c1-4-5-6-11(3)12(14)8-7-10(2)9-13/h4,10-11,13H,1,5-9H2,2-3H3/t10-,11-/m0/s1. The molecule has 0 fully saturated rings. The summed E-state index contributed by atoms with van der Waals surface area (Å²) in [6.45, 7) is 7.74. The highest BCUT2D eigenvalue weighted by atomic mass is 16.3. The lowest BCUT2D eigenvalue weighted by Crippen LogP contribution is -2.13. The number of ketones is 1. The first-order valence-electron chi connectivity index (χ1n) is 5.36. The van der Waals surface area contributed by atoms with Gasteiger partial charge in [0.15, 0.2) is 0 Å². The van der Waals surface area contributed by atoms with Crippen molar-refractivity contribution in [2.75, 3.05) is 6.61 Å². The molecule has 0 spiro atoms. The molecule has 0 aromatic carbocycles. The SMILES string of the molecule is C=CCC[C@H](C)C(=O)CC[C@H](C)CO. The first-order valence-corrected chi connectivity index (χ1v) is 5.36. The van der Waals surface area contributed by atoms with E-state index in [2.05, 4.69) is 6.58 Å². The molecule has 0 aliphatic heterocycles. The zero-order valence-corrected chi connectivity index (χ0v) is 9.33. The molecule has 0 radical (unpaired) electrons.